The van der Waals surface area contributed by atoms with Gasteiger partial charge >= 0.3 is 5.69 Å². The van der Waals surface area contributed by atoms with Crippen LogP contribution in [0, 0.1) is 0 Å². The zero-order chi connectivity index (χ0) is 20.8. The third-order valence-electron chi connectivity index (χ3n) is 5.53. The van der Waals surface area contributed by atoms with Crippen molar-refractivity contribution in [2.24, 2.45) is 14.1 Å². The molecule has 30 heavy (non-hydrogen) atoms. The molecule has 5 rings (SSSR count). The zero-order valence-electron chi connectivity index (χ0n) is 16.9. The van der Waals surface area contributed by atoms with Crippen LogP contribution in [0.4, 0.5) is 5.95 Å². The van der Waals surface area contributed by atoms with Gasteiger partial charge < -0.3 is 9.47 Å². The maximum Gasteiger partial charge on any atom is 0.332 e. The van der Waals surface area contributed by atoms with E-state index in [0.29, 0.717) is 17.7 Å². The molecule has 0 unspecified atom stereocenters. The highest BCUT2D eigenvalue weighted by molar-refractivity contribution is 8.01. The van der Waals surface area contributed by atoms with Crippen molar-refractivity contribution in [3.8, 4) is 0 Å². The molecule has 1 saturated heterocycles. The number of para-hydroxylation sites is 1. The van der Waals surface area contributed by atoms with Gasteiger partial charge in [0.1, 0.15) is 0 Å². The predicted molar refractivity (Wildman–Crippen MR) is 122 cm³/mol. The first kappa shape index (κ1) is 19.4. The van der Waals surface area contributed by atoms with E-state index < -0.39 is 0 Å². The third kappa shape index (κ3) is 3.14. The van der Waals surface area contributed by atoms with Gasteiger partial charge in [-0.15, -0.1) is 11.3 Å². The monoisotopic (exact) mass is 442 g/mol. The van der Waals surface area contributed by atoms with Gasteiger partial charge in [-0.1, -0.05) is 23.9 Å². The van der Waals surface area contributed by atoms with E-state index in [1.54, 1.807) is 30.1 Å². The average Bonchev–Trinajstić information content (AvgIpc) is 3.48. The molecular weight excluding hydrogens is 420 g/mol. The molecule has 0 atom stereocenters. The fourth-order valence-electron chi connectivity index (χ4n) is 3.94. The number of aromatic nitrogens is 5. The average molecular weight is 443 g/mol. The van der Waals surface area contributed by atoms with Crippen LogP contribution in [0.15, 0.2) is 38.2 Å². The summed E-state index contributed by atoms with van der Waals surface area (Å²) in [5, 5.41) is 0. The quantitative estimate of drug-likeness (QED) is 0.442. The smallest absolute Gasteiger partial charge is 0.332 e. The minimum Gasteiger partial charge on any atom is -0.342 e. The molecule has 0 amide bonds. The lowest BCUT2D eigenvalue weighted by Crippen LogP contribution is -2.37. The fraction of sp³-hybridized carbons (Fsp3) is 0.400. The number of imidazole rings is 1. The van der Waals surface area contributed by atoms with E-state index >= 15 is 0 Å². The molecule has 0 radical (unpaired) electrons. The van der Waals surface area contributed by atoms with Gasteiger partial charge in [0.2, 0.25) is 5.95 Å². The molecule has 1 aliphatic heterocycles. The minimum absolute atomic E-state index is 0.295. The van der Waals surface area contributed by atoms with Crippen molar-refractivity contribution in [2.45, 2.75) is 23.7 Å². The summed E-state index contributed by atoms with van der Waals surface area (Å²) in [5.74, 6) is 1.55. The number of thioether (sulfide) groups is 1. The van der Waals surface area contributed by atoms with E-state index in [2.05, 4.69) is 16.0 Å². The maximum absolute atomic E-state index is 13.0. The highest BCUT2D eigenvalue weighted by Gasteiger charge is 2.24. The number of fused-ring (bicyclic) bond motifs is 2. The lowest BCUT2D eigenvalue weighted by molar-refractivity contribution is 0.699. The largest absolute Gasteiger partial charge is 0.342 e. The second-order valence-corrected chi connectivity index (χ2v) is 9.80. The standard InChI is InChI=1S/C20H22N6O2S2/c1-23-16-15(17(27)24(2)20(23)28)26(18(22-16)25-9-5-6-10-25)11-12-29-19-21-13-7-3-4-8-14(13)30-19/h3-4,7-8H,5-6,9-12H2,1-2H3. The molecule has 4 aromatic rings. The summed E-state index contributed by atoms with van der Waals surface area (Å²) in [6, 6.07) is 8.12. The molecule has 156 valence electrons. The minimum atomic E-state index is -0.353. The molecule has 1 aliphatic rings. The summed E-state index contributed by atoms with van der Waals surface area (Å²) >= 11 is 3.37. The highest BCUT2D eigenvalue weighted by Crippen LogP contribution is 2.30. The second kappa shape index (κ2) is 7.59. The Morgan fingerprint density at radius 3 is 2.60 bits per heavy atom. The topological polar surface area (TPSA) is 78.0 Å². The van der Waals surface area contributed by atoms with Crippen LogP contribution in [-0.4, -0.2) is 42.5 Å². The Morgan fingerprint density at radius 1 is 1.07 bits per heavy atom. The number of hydrogen-bond donors (Lipinski definition) is 0. The SMILES string of the molecule is Cn1c(=O)c2c(nc(N3CCCC3)n2CCSc2nc3ccccc3s2)n(C)c1=O. The first-order valence-corrected chi connectivity index (χ1v) is 11.7. The Bertz CT molecular complexity index is 1330. The van der Waals surface area contributed by atoms with Gasteiger partial charge in [0.15, 0.2) is 15.5 Å². The molecule has 3 aromatic heterocycles. The second-order valence-electron chi connectivity index (χ2n) is 7.43. The molecule has 4 heterocycles. The Kier molecular flexibility index (Phi) is 4.90. The predicted octanol–water partition coefficient (Wildman–Crippen LogP) is 2.44. The number of anilines is 1. The van der Waals surface area contributed by atoms with Crippen molar-refractivity contribution in [2.75, 3.05) is 23.7 Å². The van der Waals surface area contributed by atoms with Crippen LogP contribution < -0.4 is 16.1 Å². The van der Waals surface area contributed by atoms with Crippen molar-refractivity contribution in [1.29, 1.82) is 0 Å². The van der Waals surface area contributed by atoms with E-state index in [1.165, 1.54) is 16.3 Å². The van der Waals surface area contributed by atoms with Gasteiger partial charge in [-0.25, -0.2) is 9.78 Å². The van der Waals surface area contributed by atoms with E-state index in [-0.39, 0.29) is 11.2 Å². The van der Waals surface area contributed by atoms with Crippen LogP contribution in [0.25, 0.3) is 21.4 Å². The summed E-state index contributed by atoms with van der Waals surface area (Å²) in [4.78, 5) is 37.0. The number of rotatable bonds is 5. The van der Waals surface area contributed by atoms with Crippen molar-refractivity contribution in [3.63, 3.8) is 0 Å². The molecule has 0 spiro atoms. The first-order valence-electron chi connectivity index (χ1n) is 9.94. The molecule has 0 aliphatic carbocycles. The first-order chi connectivity index (χ1) is 14.5. The number of nitrogens with zero attached hydrogens (tertiary/aromatic N) is 6. The Labute approximate surface area is 180 Å². The number of aryl methyl sites for hydroxylation is 2. The van der Waals surface area contributed by atoms with Crippen LogP contribution in [0.5, 0.6) is 0 Å². The summed E-state index contributed by atoms with van der Waals surface area (Å²) in [7, 11) is 3.19. The third-order valence-corrected chi connectivity index (χ3v) is 7.69. The van der Waals surface area contributed by atoms with E-state index in [0.717, 1.165) is 52.1 Å². The van der Waals surface area contributed by atoms with Crippen LogP contribution in [0.3, 0.4) is 0 Å². The van der Waals surface area contributed by atoms with Crippen LogP contribution in [0.1, 0.15) is 12.8 Å². The van der Waals surface area contributed by atoms with Gasteiger partial charge in [0, 0.05) is 39.5 Å². The van der Waals surface area contributed by atoms with Crippen molar-refractivity contribution in [1.82, 2.24) is 23.7 Å². The highest BCUT2D eigenvalue weighted by atomic mass is 32.2. The molecular formula is C20H22N6O2S2. The van der Waals surface area contributed by atoms with Crippen molar-refractivity contribution in [3.05, 3.63) is 45.1 Å². The summed E-state index contributed by atoms with van der Waals surface area (Å²) < 4.78 is 6.81. The lowest BCUT2D eigenvalue weighted by atomic mass is 10.3. The Hall–Kier alpha value is -2.59. The number of thiazole rings is 1. The van der Waals surface area contributed by atoms with Crippen LogP contribution in [0.2, 0.25) is 0 Å². The van der Waals surface area contributed by atoms with E-state index in [1.807, 2.05) is 22.8 Å². The van der Waals surface area contributed by atoms with Gasteiger partial charge in [-0.2, -0.15) is 4.98 Å². The Morgan fingerprint density at radius 2 is 1.83 bits per heavy atom. The normalized spacial score (nSPS) is 14.4. The van der Waals surface area contributed by atoms with Crippen LogP contribution in [-0.2, 0) is 20.6 Å². The molecule has 10 heteroatoms. The van der Waals surface area contributed by atoms with Crippen molar-refractivity contribution >= 4 is 50.4 Å². The Balaban J connectivity index is 1.52. The molecule has 0 bridgehead atoms. The summed E-state index contributed by atoms with van der Waals surface area (Å²) in [6.45, 7) is 2.46. The van der Waals surface area contributed by atoms with E-state index in [4.69, 9.17) is 4.98 Å². The van der Waals surface area contributed by atoms with Crippen molar-refractivity contribution < 1.29 is 0 Å². The molecule has 8 nitrogen and oxygen atoms in total. The van der Waals surface area contributed by atoms with Gasteiger partial charge in [0.05, 0.1) is 10.2 Å². The number of hydrogen-bond acceptors (Lipinski definition) is 7. The number of benzene rings is 1. The fourth-order valence-corrected chi connectivity index (χ4v) is 6.01. The van der Waals surface area contributed by atoms with Gasteiger partial charge in [-0.05, 0) is 25.0 Å². The van der Waals surface area contributed by atoms with Gasteiger partial charge in [-0.3, -0.25) is 13.9 Å². The summed E-state index contributed by atoms with van der Waals surface area (Å²) in [6.07, 6.45) is 2.22. The van der Waals surface area contributed by atoms with Gasteiger partial charge in [0.25, 0.3) is 5.56 Å². The molecule has 1 aromatic carbocycles. The zero-order valence-corrected chi connectivity index (χ0v) is 18.5. The molecule has 0 saturated carbocycles. The molecule has 0 N–H and O–H groups in total. The van der Waals surface area contributed by atoms with Crippen LogP contribution >= 0.6 is 23.1 Å². The molecule has 1 fully saturated rings. The maximum atomic E-state index is 13.0. The van der Waals surface area contributed by atoms with E-state index in [9.17, 15) is 9.59 Å². The summed E-state index contributed by atoms with van der Waals surface area (Å²) in [5.41, 5.74) is 1.31. The lowest BCUT2D eigenvalue weighted by Gasteiger charge is -2.18.